The van der Waals surface area contributed by atoms with Crippen LogP contribution in [0.3, 0.4) is 0 Å². The average Bonchev–Trinajstić information content (AvgIpc) is 2.42. The van der Waals surface area contributed by atoms with Crippen LogP contribution in [0.25, 0.3) is 0 Å². The molecule has 0 saturated heterocycles. The monoisotopic (exact) mass is 178 g/mol. The van der Waals surface area contributed by atoms with Crippen LogP contribution in [0.5, 0.6) is 0 Å². The highest BCUT2D eigenvalue weighted by molar-refractivity contribution is 5.74. The molecule has 2 N–H and O–H groups in total. The fourth-order valence-electron chi connectivity index (χ4n) is 1.66. The molecule has 4 heteroatoms. The smallest absolute Gasteiger partial charge is 0.153 e. The van der Waals surface area contributed by atoms with Gasteiger partial charge in [-0.2, -0.15) is 0 Å². The first kappa shape index (κ1) is 8.16. The molecule has 0 aliphatic carbocycles. The lowest BCUT2D eigenvalue weighted by atomic mass is 10.3. The number of fused-ring (bicyclic) bond motifs is 1. The van der Waals surface area contributed by atoms with Crippen LogP contribution in [-0.4, -0.2) is 25.2 Å². The minimum atomic E-state index is 0.729. The quantitative estimate of drug-likeness (QED) is 0.694. The number of hydrogen-bond acceptors (Lipinski definition) is 4. The van der Waals surface area contributed by atoms with E-state index >= 15 is 0 Å². The Bertz CT molecular complexity index is 323. The SMILES string of the molecule is CCN1CN(C)c2ncc(N)cc21. The fourth-order valence-corrected chi connectivity index (χ4v) is 1.66. The van der Waals surface area contributed by atoms with Crippen LogP contribution in [0.1, 0.15) is 6.92 Å². The summed E-state index contributed by atoms with van der Waals surface area (Å²) in [6.45, 7) is 4.02. The molecule has 0 unspecified atom stereocenters. The Morgan fingerprint density at radius 3 is 3.08 bits per heavy atom. The topological polar surface area (TPSA) is 45.4 Å². The highest BCUT2D eigenvalue weighted by Crippen LogP contribution is 2.33. The molecule has 0 radical (unpaired) electrons. The van der Waals surface area contributed by atoms with E-state index in [9.17, 15) is 0 Å². The molecule has 0 saturated carbocycles. The van der Waals surface area contributed by atoms with Gasteiger partial charge in [0.15, 0.2) is 5.82 Å². The Balaban J connectivity index is 2.46. The van der Waals surface area contributed by atoms with Gasteiger partial charge in [-0.05, 0) is 13.0 Å². The van der Waals surface area contributed by atoms with E-state index in [0.717, 1.165) is 30.4 Å². The molecule has 0 fully saturated rings. The average molecular weight is 178 g/mol. The lowest BCUT2D eigenvalue weighted by molar-refractivity contribution is 0.842. The summed E-state index contributed by atoms with van der Waals surface area (Å²) in [5.74, 6) is 1.02. The van der Waals surface area contributed by atoms with Gasteiger partial charge in [0, 0.05) is 13.6 Å². The van der Waals surface area contributed by atoms with Crippen LogP contribution >= 0.6 is 0 Å². The van der Waals surface area contributed by atoms with Crippen LogP contribution in [0, 0.1) is 0 Å². The van der Waals surface area contributed by atoms with E-state index in [2.05, 4.69) is 21.7 Å². The molecule has 1 aliphatic rings. The second-order valence-electron chi connectivity index (χ2n) is 3.31. The number of hydrogen-bond donors (Lipinski definition) is 1. The van der Waals surface area contributed by atoms with Crippen molar-refractivity contribution >= 4 is 17.2 Å². The Morgan fingerprint density at radius 2 is 2.38 bits per heavy atom. The zero-order valence-corrected chi connectivity index (χ0v) is 7.99. The number of nitrogen functional groups attached to an aromatic ring is 1. The molecule has 0 amide bonds. The molecule has 1 aromatic rings. The normalized spacial score (nSPS) is 14.9. The molecule has 0 atom stereocenters. The van der Waals surface area contributed by atoms with Crippen molar-refractivity contribution in [3.05, 3.63) is 12.3 Å². The van der Waals surface area contributed by atoms with E-state index < -0.39 is 0 Å². The number of pyridine rings is 1. The van der Waals surface area contributed by atoms with Gasteiger partial charge in [0.1, 0.15) is 0 Å². The first-order valence-electron chi connectivity index (χ1n) is 4.44. The third-order valence-corrected chi connectivity index (χ3v) is 2.34. The molecule has 1 aliphatic heterocycles. The number of nitrogens with two attached hydrogens (primary N) is 1. The van der Waals surface area contributed by atoms with E-state index in [1.165, 1.54) is 0 Å². The van der Waals surface area contributed by atoms with Crippen molar-refractivity contribution in [3.63, 3.8) is 0 Å². The van der Waals surface area contributed by atoms with Gasteiger partial charge in [-0.25, -0.2) is 4.98 Å². The van der Waals surface area contributed by atoms with Gasteiger partial charge < -0.3 is 15.5 Å². The molecule has 4 nitrogen and oxygen atoms in total. The zero-order chi connectivity index (χ0) is 9.42. The molecule has 0 bridgehead atoms. The lowest BCUT2D eigenvalue weighted by Gasteiger charge is -2.15. The Morgan fingerprint density at radius 1 is 1.62 bits per heavy atom. The van der Waals surface area contributed by atoms with Crippen molar-refractivity contribution in [3.8, 4) is 0 Å². The first-order valence-corrected chi connectivity index (χ1v) is 4.44. The standard InChI is InChI=1S/C9H14N4/c1-3-13-6-12(2)9-8(13)4-7(10)5-11-9/h4-5H,3,6,10H2,1-2H3. The summed E-state index contributed by atoms with van der Waals surface area (Å²) >= 11 is 0. The predicted octanol–water partition coefficient (Wildman–Crippen LogP) is 0.897. The van der Waals surface area contributed by atoms with Crippen molar-refractivity contribution in [2.24, 2.45) is 0 Å². The van der Waals surface area contributed by atoms with Crippen molar-refractivity contribution in [2.45, 2.75) is 6.92 Å². The molecular weight excluding hydrogens is 164 g/mol. The van der Waals surface area contributed by atoms with Crippen molar-refractivity contribution in [2.75, 3.05) is 35.8 Å². The molecule has 0 spiro atoms. The molecule has 1 aromatic heterocycles. The minimum Gasteiger partial charge on any atom is -0.397 e. The maximum absolute atomic E-state index is 5.69. The van der Waals surface area contributed by atoms with Gasteiger partial charge in [0.25, 0.3) is 0 Å². The molecular formula is C9H14N4. The Kier molecular flexibility index (Phi) is 1.76. The third kappa shape index (κ3) is 1.18. The number of aromatic nitrogens is 1. The summed E-state index contributed by atoms with van der Waals surface area (Å²) < 4.78 is 0. The van der Waals surface area contributed by atoms with E-state index in [0.29, 0.717) is 0 Å². The number of anilines is 3. The van der Waals surface area contributed by atoms with E-state index in [1.54, 1.807) is 6.20 Å². The van der Waals surface area contributed by atoms with Crippen molar-refractivity contribution in [1.82, 2.24) is 4.98 Å². The maximum atomic E-state index is 5.69. The Labute approximate surface area is 78.0 Å². The molecule has 2 rings (SSSR count). The van der Waals surface area contributed by atoms with Crippen LogP contribution in [-0.2, 0) is 0 Å². The van der Waals surface area contributed by atoms with Crippen LogP contribution < -0.4 is 15.5 Å². The van der Waals surface area contributed by atoms with Crippen LogP contribution in [0.2, 0.25) is 0 Å². The van der Waals surface area contributed by atoms with Gasteiger partial charge in [-0.1, -0.05) is 0 Å². The zero-order valence-electron chi connectivity index (χ0n) is 7.99. The second kappa shape index (κ2) is 2.80. The number of nitrogens with zero attached hydrogens (tertiary/aromatic N) is 3. The molecule has 2 heterocycles. The van der Waals surface area contributed by atoms with Gasteiger partial charge in [0.05, 0.1) is 24.2 Å². The highest BCUT2D eigenvalue weighted by Gasteiger charge is 2.22. The van der Waals surface area contributed by atoms with Crippen molar-refractivity contribution < 1.29 is 0 Å². The fraction of sp³-hybridized carbons (Fsp3) is 0.444. The van der Waals surface area contributed by atoms with Gasteiger partial charge in [0.2, 0.25) is 0 Å². The second-order valence-corrected chi connectivity index (χ2v) is 3.31. The number of rotatable bonds is 1. The van der Waals surface area contributed by atoms with E-state index in [4.69, 9.17) is 5.73 Å². The molecule has 70 valence electrons. The Hall–Kier alpha value is -1.45. The predicted molar refractivity (Wildman–Crippen MR) is 54.9 cm³/mol. The summed E-state index contributed by atoms with van der Waals surface area (Å²) in [4.78, 5) is 8.67. The molecule has 0 aromatic carbocycles. The summed E-state index contributed by atoms with van der Waals surface area (Å²) in [5.41, 5.74) is 7.56. The largest absolute Gasteiger partial charge is 0.397 e. The third-order valence-electron chi connectivity index (χ3n) is 2.34. The van der Waals surface area contributed by atoms with Gasteiger partial charge in [-0.3, -0.25) is 0 Å². The van der Waals surface area contributed by atoms with Crippen LogP contribution in [0.4, 0.5) is 17.2 Å². The summed E-state index contributed by atoms with van der Waals surface area (Å²) in [5, 5.41) is 0. The highest BCUT2D eigenvalue weighted by atomic mass is 15.4. The minimum absolute atomic E-state index is 0.729. The maximum Gasteiger partial charge on any atom is 0.153 e. The molecule has 13 heavy (non-hydrogen) atoms. The van der Waals surface area contributed by atoms with Crippen LogP contribution in [0.15, 0.2) is 12.3 Å². The summed E-state index contributed by atoms with van der Waals surface area (Å²) in [6, 6.07) is 1.98. The summed E-state index contributed by atoms with van der Waals surface area (Å²) in [6.07, 6.45) is 1.70. The van der Waals surface area contributed by atoms with Gasteiger partial charge in [-0.15, -0.1) is 0 Å². The van der Waals surface area contributed by atoms with E-state index in [1.807, 2.05) is 13.1 Å². The van der Waals surface area contributed by atoms with E-state index in [-0.39, 0.29) is 0 Å². The first-order chi connectivity index (χ1) is 6.22. The van der Waals surface area contributed by atoms with Crippen molar-refractivity contribution in [1.29, 1.82) is 0 Å². The summed E-state index contributed by atoms with van der Waals surface area (Å²) in [7, 11) is 2.04. The van der Waals surface area contributed by atoms with Gasteiger partial charge >= 0.3 is 0 Å². The lowest BCUT2D eigenvalue weighted by Crippen LogP contribution is -2.27.